The summed E-state index contributed by atoms with van der Waals surface area (Å²) in [5, 5.41) is 3.78. The van der Waals surface area contributed by atoms with Crippen molar-refractivity contribution in [2.45, 2.75) is 0 Å². The van der Waals surface area contributed by atoms with Gasteiger partial charge in [-0.15, -0.1) is 11.5 Å². The first-order valence-corrected chi connectivity index (χ1v) is 3.89. The predicted molar refractivity (Wildman–Crippen MR) is 64.0 cm³/mol. The van der Waals surface area contributed by atoms with Crippen molar-refractivity contribution in [1.82, 2.24) is 14.3 Å². The summed E-state index contributed by atoms with van der Waals surface area (Å²) in [4.78, 5) is 11.2. The SMILES string of the molecule is C#CC#CC#COc1nn(C)c(=O)n1C.[HH].[HH].[HH].[HH].[HH]. The molecule has 0 aliphatic rings. The van der Waals surface area contributed by atoms with E-state index in [0.29, 0.717) is 0 Å². The van der Waals surface area contributed by atoms with Crippen LogP contribution in [0.1, 0.15) is 7.13 Å². The fraction of sp³-hybridized carbons (Fsp3) is 0.200. The van der Waals surface area contributed by atoms with Gasteiger partial charge in [0.1, 0.15) is 6.11 Å². The van der Waals surface area contributed by atoms with Crippen LogP contribution in [0.5, 0.6) is 6.01 Å². The minimum atomic E-state index is -0.290. The molecule has 0 radical (unpaired) electrons. The summed E-state index contributed by atoms with van der Waals surface area (Å²) in [6.07, 6.45) is 7.14. The van der Waals surface area contributed by atoms with Crippen molar-refractivity contribution >= 4 is 0 Å². The Labute approximate surface area is 94.1 Å². The van der Waals surface area contributed by atoms with Gasteiger partial charge in [-0.25, -0.2) is 14.0 Å². The molecule has 0 aromatic carbocycles. The Balaban J connectivity index is -0.000000150. The van der Waals surface area contributed by atoms with Gasteiger partial charge in [0.05, 0.1) is 0 Å². The Morgan fingerprint density at radius 1 is 1.40 bits per heavy atom. The molecule has 1 rings (SSSR count). The molecule has 0 bridgehead atoms. The molecule has 0 unspecified atom stereocenters. The Morgan fingerprint density at radius 2 is 2.13 bits per heavy atom. The van der Waals surface area contributed by atoms with Gasteiger partial charge in [0.2, 0.25) is 0 Å². The summed E-state index contributed by atoms with van der Waals surface area (Å²) >= 11 is 0. The molecule has 0 aliphatic heterocycles. The maximum Gasteiger partial charge on any atom is 0.348 e. The zero-order valence-electron chi connectivity index (χ0n) is 8.24. The fourth-order valence-corrected chi connectivity index (χ4v) is 0.790. The number of ether oxygens (including phenoxy) is 1. The normalized spacial score (nSPS) is 7.80. The van der Waals surface area contributed by atoms with Crippen molar-refractivity contribution in [3.05, 3.63) is 10.5 Å². The van der Waals surface area contributed by atoms with Crippen molar-refractivity contribution in [1.29, 1.82) is 0 Å². The molecular formula is C10H17N3O2. The van der Waals surface area contributed by atoms with E-state index in [1.165, 1.54) is 18.7 Å². The number of rotatable bonds is 1. The zero-order chi connectivity index (χ0) is 11.3. The standard InChI is InChI=1S/C10H7N3O2.5H2/c1-4-5-6-7-8-15-9-11-13(3)10(14)12(9)2;;;;;/h1H,2-3H3;5*1H. The third-order valence-corrected chi connectivity index (χ3v) is 1.48. The summed E-state index contributed by atoms with van der Waals surface area (Å²) < 4.78 is 7.25. The lowest BCUT2D eigenvalue weighted by Gasteiger charge is -1.90. The van der Waals surface area contributed by atoms with Gasteiger partial charge >= 0.3 is 11.7 Å². The first-order chi connectivity index (χ1) is 7.16. The summed E-state index contributed by atoms with van der Waals surface area (Å²) in [7, 11) is 3.04. The van der Waals surface area contributed by atoms with E-state index in [9.17, 15) is 4.79 Å². The molecule has 0 aliphatic carbocycles. The lowest BCUT2D eigenvalue weighted by atomic mass is 10.6. The number of hydrogen-bond donors (Lipinski definition) is 0. The molecule has 5 heteroatoms. The zero-order valence-corrected chi connectivity index (χ0v) is 8.24. The average molecular weight is 211 g/mol. The monoisotopic (exact) mass is 211 g/mol. The number of nitrogens with zero attached hydrogens (tertiary/aromatic N) is 3. The van der Waals surface area contributed by atoms with E-state index < -0.39 is 0 Å². The summed E-state index contributed by atoms with van der Waals surface area (Å²) in [5.41, 5.74) is -0.290. The van der Waals surface area contributed by atoms with Gasteiger partial charge in [-0.1, -0.05) is 0 Å². The number of terminal acetylenes is 1. The van der Waals surface area contributed by atoms with Crippen LogP contribution in [0.2, 0.25) is 0 Å². The van der Waals surface area contributed by atoms with E-state index >= 15 is 0 Å². The molecule has 1 aromatic heterocycles. The topological polar surface area (TPSA) is 49.1 Å². The molecule has 84 valence electrons. The molecule has 0 amide bonds. The van der Waals surface area contributed by atoms with E-state index in [1.807, 2.05) is 0 Å². The Morgan fingerprint density at radius 3 is 2.67 bits per heavy atom. The second-order valence-corrected chi connectivity index (χ2v) is 2.47. The van der Waals surface area contributed by atoms with Crippen LogP contribution >= 0.6 is 0 Å². The molecule has 0 spiro atoms. The van der Waals surface area contributed by atoms with Crippen LogP contribution in [-0.4, -0.2) is 14.3 Å². The largest absolute Gasteiger partial charge is 0.369 e. The number of hydrogen-bond acceptors (Lipinski definition) is 3. The second-order valence-electron chi connectivity index (χ2n) is 2.47. The molecule has 5 nitrogen and oxygen atoms in total. The van der Waals surface area contributed by atoms with Crippen molar-refractivity contribution < 1.29 is 11.9 Å². The molecule has 0 saturated carbocycles. The van der Waals surface area contributed by atoms with Gasteiger partial charge in [0.25, 0.3) is 0 Å². The quantitative estimate of drug-likeness (QED) is 0.629. The summed E-state index contributed by atoms with van der Waals surface area (Å²) in [6, 6.07) is 0.109. The molecule has 1 heterocycles. The Bertz CT molecular complexity index is 595. The molecule has 0 saturated heterocycles. The average Bonchev–Trinajstić information content (AvgIpc) is 2.46. The van der Waals surface area contributed by atoms with E-state index in [0.717, 1.165) is 4.68 Å². The lowest BCUT2D eigenvalue weighted by molar-refractivity contribution is 0.448. The minimum absolute atomic E-state index is 0. The lowest BCUT2D eigenvalue weighted by Crippen LogP contribution is -2.20. The van der Waals surface area contributed by atoms with Gasteiger partial charge in [0, 0.05) is 33.1 Å². The Hall–Kier alpha value is -2.58. The van der Waals surface area contributed by atoms with Gasteiger partial charge in [-0.3, -0.25) is 0 Å². The predicted octanol–water partition coefficient (Wildman–Crippen LogP) is 0.325. The highest BCUT2D eigenvalue weighted by Gasteiger charge is 2.06. The van der Waals surface area contributed by atoms with E-state index in [2.05, 4.69) is 34.9 Å². The maximum absolute atomic E-state index is 11.2. The molecule has 0 N–H and O–H groups in total. The third-order valence-electron chi connectivity index (χ3n) is 1.48. The van der Waals surface area contributed by atoms with E-state index in [1.54, 1.807) is 0 Å². The minimum Gasteiger partial charge on any atom is -0.369 e. The van der Waals surface area contributed by atoms with E-state index in [-0.39, 0.29) is 18.8 Å². The van der Waals surface area contributed by atoms with Crippen LogP contribution < -0.4 is 10.4 Å². The molecule has 0 fully saturated rings. The second kappa shape index (κ2) is 4.60. The fourth-order valence-electron chi connectivity index (χ4n) is 0.790. The smallest absolute Gasteiger partial charge is 0.348 e. The first kappa shape index (κ1) is 10.5. The van der Waals surface area contributed by atoms with Crippen LogP contribution in [0.3, 0.4) is 0 Å². The van der Waals surface area contributed by atoms with Crippen LogP contribution in [0, 0.1) is 36.2 Å². The van der Waals surface area contributed by atoms with Gasteiger partial charge in [0.15, 0.2) is 0 Å². The van der Waals surface area contributed by atoms with Gasteiger partial charge in [-0.2, -0.15) is 0 Å². The third kappa shape index (κ3) is 2.43. The van der Waals surface area contributed by atoms with Gasteiger partial charge in [-0.05, 0) is 11.8 Å². The molecule has 15 heavy (non-hydrogen) atoms. The molecule has 0 atom stereocenters. The van der Waals surface area contributed by atoms with Crippen LogP contribution in [0.4, 0.5) is 0 Å². The van der Waals surface area contributed by atoms with Crippen LogP contribution in [0.15, 0.2) is 4.79 Å². The Kier molecular flexibility index (Phi) is 3.22. The summed E-state index contributed by atoms with van der Waals surface area (Å²) in [6.45, 7) is 0. The van der Waals surface area contributed by atoms with Crippen LogP contribution in [0.25, 0.3) is 0 Å². The first-order valence-electron chi connectivity index (χ1n) is 3.89. The molecule has 1 aromatic rings. The maximum atomic E-state index is 11.2. The van der Waals surface area contributed by atoms with Crippen LogP contribution in [-0.2, 0) is 14.1 Å². The number of aryl methyl sites for hydroxylation is 1. The van der Waals surface area contributed by atoms with Gasteiger partial charge < -0.3 is 4.74 Å². The highest BCUT2D eigenvalue weighted by molar-refractivity contribution is 5.33. The summed E-state index contributed by atoms with van der Waals surface area (Å²) in [5.74, 6) is 9.09. The van der Waals surface area contributed by atoms with Crippen molar-refractivity contribution in [3.63, 3.8) is 0 Å². The molecular weight excluding hydrogens is 194 g/mol. The van der Waals surface area contributed by atoms with Crippen molar-refractivity contribution in [3.8, 4) is 42.2 Å². The highest BCUT2D eigenvalue weighted by atomic mass is 16.5. The number of aromatic nitrogens is 3. The van der Waals surface area contributed by atoms with Crippen molar-refractivity contribution in [2.24, 2.45) is 14.1 Å². The van der Waals surface area contributed by atoms with Crippen molar-refractivity contribution in [2.75, 3.05) is 0 Å². The highest BCUT2D eigenvalue weighted by Crippen LogP contribution is 1.97. The van der Waals surface area contributed by atoms with E-state index in [4.69, 9.17) is 11.2 Å².